The van der Waals surface area contributed by atoms with E-state index in [2.05, 4.69) is 9.62 Å². The molecule has 2 saturated heterocycles. The maximum absolute atomic E-state index is 12.9. The normalized spacial score (nSPS) is 23.1. The Labute approximate surface area is 231 Å². The summed E-state index contributed by atoms with van der Waals surface area (Å²) in [5, 5.41) is 9.47. The summed E-state index contributed by atoms with van der Waals surface area (Å²) in [5.74, 6) is 0. The summed E-state index contributed by atoms with van der Waals surface area (Å²) in [4.78, 5) is 2.72. The number of nitrogens with one attached hydrogen (secondary N) is 1. The lowest BCUT2D eigenvalue weighted by Gasteiger charge is -2.39. The molecule has 0 bridgehead atoms. The second-order valence-corrected chi connectivity index (χ2v) is 12.1. The molecule has 0 amide bonds. The van der Waals surface area contributed by atoms with Gasteiger partial charge in [0.15, 0.2) is 6.29 Å². The van der Waals surface area contributed by atoms with Crippen LogP contribution in [0.15, 0.2) is 83.8 Å². The molecule has 2 aliphatic rings. The number of anilines is 1. The second-order valence-electron chi connectivity index (χ2n) is 10.5. The van der Waals surface area contributed by atoms with Gasteiger partial charge in [-0.05, 0) is 61.3 Å². The van der Waals surface area contributed by atoms with Crippen molar-refractivity contribution in [2.24, 2.45) is 0 Å². The molecule has 3 atom stereocenters. The lowest BCUT2D eigenvalue weighted by molar-refractivity contribution is -0.253. The number of hydrogen-bond acceptors (Lipinski definition) is 6. The zero-order chi connectivity index (χ0) is 27.1. The molecule has 2 N–H and O–H groups in total. The number of aliphatic hydroxyl groups excluding tert-OH is 1. The van der Waals surface area contributed by atoms with Crippen LogP contribution in [0.5, 0.6) is 0 Å². The topological polar surface area (TPSA) is 88.1 Å². The summed E-state index contributed by atoms with van der Waals surface area (Å²) < 4.78 is 41.5. The molecular weight excluding hydrogens is 512 g/mol. The van der Waals surface area contributed by atoms with Crippen molar-refractivity contribution < 1.29 is 23.0 Å². The van der Waals surface area contributed by atoms with E-state index in [1.807, 2.05) is 36.4 Å². The van der Waals surface area contributed by atoms with Gasteiger partial charge in [0.25, 0.3) is 10.0 Å². The molecule has 0 spiro atoms. The molecule has 2 aliphatic heterocycles. The third kappa shape index (κ3) is 7.47. The largest absolute Gasteiger partial charge is 0.392 e. The van der Waals surface area contributed by atoms with Crippen LogP contribution in [0, 0.1) is 0 Å². The molecule has 0 aliphatic carbocycles. The average Bonchev–Trinajstić information content (AvgIpc) is 2.95. The van der Waals surface area contributed by atoms with Crippen LogP contribution in [0.25, 0.3) is 0 Å². The lowest BCUT2D eigenvalue weighted by atomic mass is 9.99. The maximum Gasteiger partial charge on any atom is 0.261 e. The smallest absolute Gasteiger partial charge is 0.261 e. The predicted octanol–water partition coefficient (Wildman–Crippen LogP) is 5.79. The molecule has 0 saturated carbocycles. The van der Waals surface area contributed by atoms with E-state index in [0.717, 1.165) is 42.7 Å². The third-order valence-corrected chi connectivity index (χ3v) is 8.89. The van der Waals surface area contributed by atoms with E-state index in [1.165, 1.54) is 32.1 Å². The fraction of sp³-hybridized carbons (Fsp3) is 0.419. The number of likely N-dealkylation sites (tertiary alicyclic amines) is 1. The van der Waals surface area contributed by atoms with Gasteiger partial charge >= 0.3 is 0 Å². The lowest BCUT2D eigenvalue weighted by Crippen LogP contribution is -2.40. The van der Waals surface area contributed by atoms with Crippen molar-refractivity contribution in [1.29, 1.82) is 0 Å². The Hall–Kier alpha value is -2.75. The minimum absolute atomic E-state index is 0.000800. The van der Waals surface area contributed by atoms with Gasteiger partial charge in [0.05, 0.1) is 23.7 Å². The number of rotatable bonds is 8. The van der Waals surface area contributed by atoms with Crippen molar-refractivity contribution in [2.45, 2.75) is 68.5 Å². The minimum atomic E-state index is -3.72. The fourth-order valence-electron chi connectivity index (χ4n) is 5.38. The first-order valence-corrected chi connectivity index (χ1v) is 15.4. The van der Waals surface area contributed by atoms with Gasteiger partial charge in [-0.2, -0.15) is 0 Å². The summed E-state index contributed by atoms with van der Waals surface area (Å²) in [5.41, 5.74) is 3.12. The summed E-state index contributed by atoms with van der Waals surface area (Å²) in [6, 6.07) is 23.5. The summed E-state index contributed by atoms with van der Waals surface area (Å²) in [7, 11) is -3.72. The first-order valence-electron chi connectivity index (χ1n) is 13.9. The Kier molecular flexibility index (Phi) is 9.32. The van der Waals surface area contributed by atoms with E-state index in [4.69, 9.17) is 9.47 Å². The Balaban J connectivity index is 1.37. The number of aliphatic hydroxyl groups is 1. The first kappa shape index (κ1) is 27.8. The molecular formula is C31H38N2O5S. The van der Waals surface area contributed by atoms with E-state index in [-0.39, 0.29) is 23.7 Å². The molecule has 39 heavy (non-hydrogen) atoms. The SMILES string of the molecule is O=S(=O)(Nc1cccc(C2O[C@H](CN3CCCCCCC3)C[C@H](c3ccc(CO)cc3)O2)c1)c1ccccc1. The summed E-state index contributed by atoms with van der Waals surface area (Å²) >= 11 is 0. The number of ether oxygens (including phenoxy) is 2. The number of nitrogens with zero attached hydrogens (tertiary/aromatic N) is 1. The van der Waals surface area contributed by atoms with Crippen molar-refractivity contribution in [2.75, 3.05) is 24.4 Å². The zero-order valence-electron chi connectivity index (χ0n) is 22.2. The molecule has 3 aromatic rings. The van der Waals surface area contributed by atoms with E-state index < -0.39 is 16.3 Å². The van der Waals surface area contributed by atoms with Crippen LogP contribution in [0.1, 0.15) is 67.6 Å². The number of sulfonamides is 1. The molecule has 208 valence electrons. The van der Waals surface area contributed by atoms with Crippen LogP contribution in [0.3, 0.4) is 0 Å². The quantitative estimate of drug-likeness (QED) is 0.369. The molecule has 2 fully saturated rings. The molecule has 5 rings (SSSR count). The highest BCUT2D eigenvalue weighted by Crippen LogP contribution is 2.39. The van der Waals surface area contributed by atoms with Crippen LogP contribution >= 0.6 is 0 Å². The molecule has 3 aromatic carbocycles. The zero-order valence-corrected chi connectivity index (χ0v) is 23.1. The van der Waals surface area contributed by atoms with Gasteiger partial charge in [0.2, 0.25) is 0 Å². The predicted molar refractivity (Wildman–Crippen MR) is 152 cm³/mol. The number of benzene rings is 3. The minimum Gasteiger partial charge on any atom is -0.392 e. The van der Waals surface area contributed by atoms with E-state index in [9.17, 15) is 13.5 Å². The molecule has 0 radical (unpaired) electrons. The highest BCUT2D eigenvalue weighted by molar-refractivity contribution is 7.92. The van der Waals surface area contributed by atoms with Gasteiger partial charge in [-0.1, -0.05) is 73.9 Å². The monoisotopic (exact) mass is 550 g/mol. The van der Waals surface area contributed by atoms with E-state index in [1.54, 1.807) is 42.5 Å². The van der Waals surface area contributed by atoms with Crippen LogP contribution in [-0.4, -0.2) is 44.2 Å². The molecule has 2 heterocycles. The van der Waals surface area contributed by atoms with Gasteiger partial charge in [0.1, 0.15) is 0 Å². The highest BCUT2D eigenvalue weighted by Gasteiger charge is 2.33. The highest BCUT2D eigenvalue weighted by atomic mass is 32.2. The van der Waals surface area contributed by atoms with Crippen molar-refractivity contribution in [1.82, 2.24) is 4.90 Å². The summed E-state index contributed by atoms with van der Waals surface area (Å²) in [6.07, 6.45) is 6.17. The molecule has 7 nitrogen and oxygen atoms in total. The Morgan fingerprint density at radius 2 is 1.54 bits per heavy atom. The molecule has 8 heteroatoms. The van der Waals surface area contributed by atoms with Crippen molar-refractivity contribution in [3.05, 3.63) is 95.6 Å². The van der Waals surface area contributed by atoms with E-state index >= 15 is 0 Å². The molecule has 0 aromatic heterocycles. The van der Waals surface area contributed by atoms with Gasteiger partial charge in [-0.25, -0.2) is 8.42 Å². The van der Waals surface area contributed by atoms with Gasteiger partial charge < -0.3 is 19.5 Å². The fourth-order valence-corrected chi connectivity index (χ4v) is 6.45. The standard InChI is InChI=1S/C31H38N2O5S/c34-23-24-14-16-25(17-15-24)30-21-28(22-33-18-7-2-1-3-8-19-33)37-31(38-30)26-10-9-11-27(20-26)32-39(35,36)29-12-5-4-6-13-29/h4-6,9-17,20,28,30-32,34H,1-3,7-8,18-19,21-23H2/t28-,30+,31?/m0/s1. The first-order chi connectivity index (χ1) is 19.0. The van der Waals surface area contributed by atoms with Crippen molar-refractivity contribution >= 4 is 15.7 Å². The van der Waals surface area contributed by atoms with Crippen molar-refractivity contribution in [3.8, 4) is 0 Å². The van der Waals surface area contributed by atoms with Crippen molar-refractivity contribution in [3.63, 3.8) is 0 Å². The van der Waals surface area contributed by atoms with Gasteiger partial charge in [-0.15, -0.1) is 0 Å². The molecule has 1 unspecified atom stereocenters. The Bertz CT molecular complexity index is 1290. The van der Waals surface area contributed by atoms with Gasteiger partial charge in [0, 0.05) is 24.2 Å². The Morgan fingerprint density at radius 1 is 0.821 bits per heavy atom. The maximum atomic E-state index is 12.9. The third-order valence-electron chi connectivity index (χ3n) is 7.49. The summed E-state index contributed by atoms with van der Waals surface area (Å²) in [6.45, 7) is 3.00. The van der Waals surface area contributed by atoms with Crippen LogP contribution in [0.2, 0.25) is 0 Å². The number of hydrogen-bond donors (Lipinski definition) is 2. The van der Waals surface area contributed by atoms with Crippen LogP contribution in [0.4, 0.5) is 5.69 Å². The van der Waals surface area contributed by atoms with Crippen LogP contribution in [-0.2, 0) is 26.1 Å². The second kappa shape index (κ2) is 13.1. The average molecular weight is 551 g/mol. The van der Waals surface area contributed by atoms with Gasteiger partial charge in [-0.3, -0.25) is 4.72 Å². The van der Waals surface area contributed by atoms with Crippen LogP contribution < -0.4 is 4.72 Å². The Morgan fingerprint density at radius 3 is 2.26 bits per heavy atom. The van der Waals surface area contributed by atoms with E-state index in [0.29, 0.717) is 5.69 Å².